The van der Waals surface area contributed by atoms with Crippen LogP contribution in [0, 0.1) is 13.8 Å². The molecule has 1 unspecified atom stereocenters. The second-order valence-electron chi connectivity index (χ2n) is 5.89. The van der Waals surface area contributed by atoms with Gasteiger partial charge in [0.1, 0.15) is 5.56 Å². The van der Waals surface area contributed by atoms with Crippen LogP contribution in [0.1, 0.15) is 33.2 Å². The summed E-state index contributed by atoms with van der Waals surface area (Å²) in [6.45, 7) is 4.52. The molecule has 1 aliphatic rings. The van der Waals surface area contributed by atoms with E-state index >= 15 is 0 Å². The maximum atomic E-state index is 12.9. The lowest BCUT2D eigenvalue weighted by molar-refractivity contribution is 0.0699. The predicted octanol–water partition coefficient (Wildman–Crippen LogP) is 2.92. The number of aryl methyl sites for hydroxylation is 2. The summed E-state index contributed by atoms with van der Waals surface area (Å²) in [5, 5.41) is 0. The van der Waals surface area contributed by atoms with Crippen LogP contribution < -0.4 is 5.43 Å². The Morgan fingerprint density at radius 1 is 1.26 bits per heavy atom. The molecule has 0 radical (unpaired) electrons. The van der Waals surface area contributed by atoms with Crippen molar-refractivity contribution in [2.45, 2.75) is 19.9 Å². The summed E-state index contributed by atoms with van der Waals surface area (Å²) in [6, 6.07) is 9.78. The van der Waals surface area contributed by atoms with E-state index in [4.69, 9.17) is 0 Å². The van der Waals surface area contributed by atoms with Gasteiger partial charge in [0.2, 0.25) is 0 Å². The van der Waals surface area contributed by atoms with E-state index in [1.165, 1.54) is 17.8 Å². The molecule has 1 N–H and O–H groups in total. The summed E-state index contributed by atoms with van der Waals surface area (Å²) in [6.07, 6.45) is 1.54. The third-order valence-electron chi connectivity index (χ3n) is 4.14. The van der Waals surface area contributed by atoms with Crippen molar-refractivity contribution in [1.29, 1.82) is 0 Å². The number of amides is 1. The van der Waals surface area contributed by atoms with Crippen molar-refractivity contribution in [3.63, 3.8) is 0 Å². The summed E-state index contributed by atoms with van der Waals surface area (Å²) in [4.78, 5) is 29.8. The minimum atomic E-state index is -0.216. The molecule has 1 fully saturated rings. The quantitative estimate of drug-likeness (QED) is 0.922. The van der Waals surface area contributed by atoms with Crippen molar-refractivity contribution in [2.75, 3.05) is 18.1 Å². The Morgan fingerprint density at radius 2 is 2.00 bits per heavy atom. The van der Waals surface area contributed by atoms with Crippen LogP contribution in [-0.4, -0.2) is 33.8 Å². The van der Waals surface area contributed by atoms with Gasteiger partial charge >= 0.3 is 0 Å². The van der Waals surface area contributed by atoms with Crippen LogP contribution in [0.2, 0.25) is 0 Å². The summed E-state index contributed by atoms with van der Waals surface area (Å²) in [5.74, 6) is 1.58. The van der Waals surface area contributed by atoms with Gasteiger partial charge in [0.05, 0.1) is 6.04 Å². The average Bonchev–Trinajstić information content (AvgIpc) is 2.55. The molecule has 1 aromatic heterocycles. The van der Waals surface area contributed by atoms with E-state index < -0.39 is 0 Å². The molecular weight excluding hydrogens is 308 g/mol. The Hall–Kier alpha value is -2.01. The van der Waals surface area contributed by atoms with Crippen molar-refractivity contribution in [3.05, 3.63) is 69.1 Å². The van der Waals surface area contributed by atoms with Crippen LogP contribution >= 0.6 is 11.8 Å². The number of aromatic amines is 1. The van der Waals surface area contributed by atoms with Gasteiger partial charge < -0.3 is 9.88 Å². The zero-order chi connectivity index (χ0) is 16.4. The maximum absolute atomic E-state index is 12.9. The van der Waals surface area contributed by atoms with E-state index in [0.29, 0.717) is 6.54 Å². The molecule has 0 saturated carbocycles. The highest BCUT2D eigenvalue weighted by atomic mass is 32.2. The first-order valence-corrected chi connectivity index (χ1v) is 8.86. The third kappa shape index (κ3) is 3.34. The van der Waals surface area contributed by atoms with E-state index in [1.54, 1.807) is 0 Å². The molecule has 0 bridgehead atoms. The Bertz CT molecular complexity index is 767. The van der Waals surface area contributed by atoms with Crippen molar-refractivity contribution < 1.29 is 4.79 Å². The Morgan fingerprint density at radius 3 is 2.70 bits per heavy atom. The molecule has 23 heavy (non-hydrogen) atoms. The lowest BCUT2D eigenvalue weighted by Crippen LogP contribution is -2.42. The standard InChI is InChI=1S/C18H20N2O2S/c1-12-3-5-14(6-4-12)16-11-23-8-7-20(16)18(22)15-10-19-13(2)9-17(15)21/h3-6,9-10,16H,7-8,11H2,1-2H3,(H,19,21). The van der Waals surface area contributed by atoms with Crippen LogP contribution in [0.5, 0.6) is 0 Å². The van der Waals surface area contributed by atoms with Gasteiger partial charge in [-0.05, 0) is 19.4 Å². The number of benzene rings is 1. The number of thioether (sulfide) groups is 1. The van der Waals surface area contributed by atoms with E-state index in [9.17, 15) is 9.59 Å². The number of nitrogens with zero attached hydrogens (tertiary/aromatic N) is 1. The van der Waals surface area contributed by atoms with Gasteiger partial charge in [-0.15, -0.1) is 0 Å². The number of carbonyl (C=O) groups excluding carboxylic acids is 1. The molecule has 5 heteroatoms. The SMILES string of the molecule is Cc1ccc(C2CSCCN2C(=O)c2c[nH]c(C)cc2=O)cc1. The van der Waals surface area contributed by atoms with Crippen LogP contribution in [0.15, 0.2) is 41.3 Å². The molecule has 1 saturated heterocycles. The predicted molar refractivity (Wildman–Crippen MR) is 94.1 cm³/mol. The second-order valence-corrected chi connectivity index (χ2v) is 7.04. The highest BCUT2D eigenvalue weighted by Crippen LogP contribution is 2.30. The molecule has 1 atom stereocenters. The smallest absolute Gasteiger partial charge is 0.259 e. The fourth-order valence-electron chi connectivity index (χ4n) is 2.81. The summed E-state index contributed by atoms with van der Waals surface area (Å²) in [7, 11) is 0. The Labute approximate surface area is 139 Å². The Kier molecular flexibility index (Phi) is 4.57. The lowest BCUT2D eigenvalue weighted by Gasteiger charge is -2.35. The first kappa shape index (κ1) is 15.9. The molecule has 2 aromatic rings. The zero-order valence-electron chi connectivity index (χ0n) is 13.3. The normalized spacial score (nSPS) is 18.0. The molecule has 0 spiro atoms. The third-order valence-corrected chi connectivity index (χ3v) is 5.16. The molecule has 2 heterocycles. The minimum absolute atomic E-state index is 0.0163. The first-order chi connectivity index (χ1) is 11.1. The second kappa shape index (κ2) is 6.62. The number of hydrogen-bond donors (Lipinski definition) is 1. The summed E-state index contributed by atoms with van der Waals surface area (Å²) < 4.78 is 0. The fraction of sp³-hybridized carbons (Fsp3) is 0.333. The number of hydrogen-bond acceptors (Lipinski definition) is 3. The van der Waals surface area contributed by atoms with Gasteiger partial charge in [-0.2, -0.15) is 11.8 Å². The first-order valence-electron chi connectivity index (χ1n) is 7.71. The average molecular weight is 328 g/mol. The van der Waals surface area contributed by atoms with Crippen molar-refractivity contribution in [2.24, 2.45) is 0 Å². The van der Waals surface area contributed by atoms with Gasteiger partial charge in [0.25, 0.3) is 5.91 Å². The number of rotatable bonds is 2. The van der Waals surface area contributed by atoms with E-state index in [0.717, 1.165) is 22.8 Å². The molecule has 0 aliphatic carbocycles. The molecule has 3 rings (SSSR count). The minimum Gasteiger partial charge on any atom is -0.364 e. The highest BCUT2D eigenvalue weighted by Gasteiger charge is 2.30. The number of carbonyl (C=O) groups is 1. The molecule has 1 amide bonds. The summed E-state index contributed by atoms with van der Waals surface area (Å²) >= 11 is 1.85. The fourth-order valence-corrected chi connectivity index (χ4v) is 3.89. The van der Waals surface area contributed by atoms with E-state index in [2.05, 4.69) is 29.2 Å². The molecule has 1 aliphatic heterocycles. The zero-order valence-corrected chi connectivity index (χ0v) is 14.2. The number of H-pyrrole nitrogens is 1. The van der Waals surface area contributed by atoms with Crippen LogP contribution in [0.25, 0.3) is 0 Å². The van der Waals surface area contributed by atoms with Crippen LogP contribution in [0.3, 0.4) is 0 Å². The van der Waals surface area contributed by atoms with Crippen LogP contribution in [-0.2, 0) is 0 Å². The van der Waals surface area contributed by atoms with Gasteiger partial charge in [-0.3, -0.25) is 9.59 Å². The van der Waals surface area contributed by atoms with Gasteiger partial charge in [-0.25, -0.2) is 0 Å². The number of aromatic nitrogens is 1. The van der Waals surface area contributed by atoms with Crippen molar-refractivity contribution >= 4 is 17.7 Å². The molecule has 4 nitrogen and oxygen atoms in total. The summed E-state index contributed by atoms with van der Waals surface area (Å²) in [5.41, 5.74) is 3.09. The molecule has 120 valence electrons. The number of nitrogens with one attached hydrogen (secondary N) is 1. The molecular formula is C18H20N2O2S. The van der Waals surface area contributed by atoms with Gasteiger partial charge in [-0.1, -0.05) is 29.8 Å². The van der Waals surface area contributed by atoms with Gasteiger partial charge in [0, 0.05) is 36.0 Å². The largest absolute Gasteiger partial charge is 0.364 e. The van der Waals surface area contributed by atoms with Crippen molar-refractivity contribution in [3.8, 4) is 0 Å². The lowest BCUT2D eigenvalue weighted by atomic mass is 10.0. The highest BCUT2D eigenvalue weighted by molar-refractivity contribution is 7.99. The Balaban J connectivity index is 1.93. The maximum Gasteiger partial charge on any atom is 0.259 e. The monoisotopic (exact) mass is 328 g/mol. The van der Waals surface area contributed by atoms with Crippen LogP contribution in [0.4, 0.5) is 0 Å². The number of pyridine rings is 1. The molecule has 1 aromatic carbocycles. The topological polar surface area (TPSA) is 53.2 Å². The van der Waals surface area contributed by atoms with E-state index in [1.807, 2.05) is 30.5 Å². The van der Waals surface area contributed by atoms with E-state index in [-0.39, 0.29) is 22.9 Å². The van der Waals surface area contributed by atoms with Gasteiger partial charge in [0.15, 0.2) is 5.43 Å². The van der Waals surface area contributed by atoms with Crippen molar-refractivity contribution in [1.82, 2.24) is 9.88 Å².